The Bertz CT molecular complexity index is 1440. The molecule has 0 radical (unpaired) electrons. The van der Waals surface area contributed by atoms with Crippen molar-refractivity contribution in [2.45, 2.75) is 64.5 Å². The molecule has 11 heteroatoms. The summed E-state index contributed by atoms with van der Waals surface area (Å²) in [7, 11) is -2.42. The molecule has 0 saturated heterocycles. The molecule has 1 aromatic heterocycles. The second-order valence-corrected chi connectivity index (χ2v) is 13.4. The van der Waals surface area contributed by atoms with Crippen LogP contribution in [0.1, 0.15) is 58.7 Å². The Labute approximate surface area is 235 Å². The standard InChI is InChI=1S/C29H36N2O8S/c1-28(2,3)37-26(32)31(39-27(33)38-29(4,5)6)25(21-12-14-23(36-7)15-13-21)19-40(34,35)18-20-16-22-10-8-9-11-24(22)30-17-20/h8-17,25H,18-19H2,1-7H3/t25-/m1/s1. The molecule has 0 aliphatic rings. The van der Waals surface area contributed by atoms with Gasteiger partial charge in [0.25, 0.3) is 0 Å². The Morgan fingerprint density at radius 1 is 0.925 bits per heavy atom. The lowest BCUT2D eigenvalue weighted by atomic mass is 10.1. The number of benzene rings is 2. The topological polar surface area (TPSA) is 121 Å². The highest BCUT2D eigenvalue weighted by molar-refractivity contribution is 7.90. The zero-order chi connectivity index (χ0) is 29.7. The second kappa shape index (κ2) is 12.1. The summed E-state index contributed by atoms with van der Waals surface area (Å²) in [6, 6.07) is 14.3. The van der Waals surface area contributed by atoms with Crippen LogP contribution in [0.4, 0.5) is 9.59 Å². The zero-order valence-corrected chi connectivity index (χ0v) is 24.7. The van der Waals surface area contributed by atoms with E-state index in [9.17, 15) is 18.0 Å². The van der Waals surface area contributed by atoms with Crippen LogP contribution < -0.4 is 4.74 Å². The smallest absolute Gasteiger partial charge is 0.497 e. The lowest BCUT2D eigenvalue weighted by Gasteiger charge is -2.32. The molecule has 0 saturated carbocycles. The van der Waals surface area contributed by atoms with Crippen LogP contribution in [0.25, 0.3) is 10.9 Å². The number of amides is 1. The third kappa shape index (κ3) is 9.11. The van der Waals surface area contributed by atoms with Crippen LogP contribution in [0.5, 0.6) is 5.75 Å². The molecular weight excluding hydrogens is 536 g/mol. The van der Waals surface area contributed by atoms with Gasteiger partial charge in [0.15, 0.2) is 9.84 Å². The summed E-state index contributed by atoms with van der Waals surface area (Å²) < 4.78 is 43.1. The number of fused-ring (bicyclic) bond motifs is 1. The molecule has 0 unspecified atom stereocenters. The van der Waals surface area contributed by atoms with E-state index in [0.717, 1.165) is 10.9 Å². The van der Waals surface area contributed by atoms with E-state index in [1.54, 1.807) is 71.9 Å². The highest BCUT2D eigenvalue weighted by Gasteiger charge is 2.37. The van der Waals surface area contributed by atoms with Gasteiger partial charge in [-0.2, -0.15) is 0 Å². The maximum Gasteiger partial charge on any atom is 0.534 e. The number of rotatable bonds is 7. The van der Waals surface area contributed by atoms with Gasteiger partial charge in [0.2, 0.25) is 0 Å². The molecule has 1 heterocycles. The van der Waals surface area contributed by atoms with Gasteiger partial charge in [-0.15, -0.1) is 5.06 Å². The molecule has 3 aromatic rings. The molecule has 1 atom stereocenters. The van der Waals surface area contributed by atoms with Gasteiger partial charge in [0, 0.05) is 11.6 Å². The van der Waals surface area contributed by atoms with Gasteiger partial charge in [-0.25, -0.2) is 18.0 Å². The number of hydrogen-bond donors (Lipinski definition) is 0. The van der Waals surface area contributed by atoms with Crippen molar-refractivity contribution in [3.63, 3.8) is 0 Å². The molecule has 2 aromatic carbocycles. The Kier molecular flexibility index (Phi) is 9.29. The van der Waals surface area contributed by atoms with Gasteiger partial charge in [-0.05, 0) is 76.9 Å². The molecule has 0 fully saturated rings. The number of para-hydroxylation sites is 1. The minimum atomic E-state index is -3.91. The van der Waals surface area contributed by atoms with E-state index in [1.807, 2.05) is 24.3 Å². The first kappa shape index (κ1) is 30.7. The van der Waals surface area contributed by atoms with E-state index >= 15 is 0 Å². The van der Waals surface area contributed by atoms with E-state index < -0.39 is 45.1 Å². The largest absolute Gasteiger partial charge is 0.534 e. The first-order valence-corrected chi connectivity index (χ1v) is 14.5. The number of methoxy groups -OCH3 is 1. The van der Waals surface area contributed by atoms with E-state index in [-0.39, 0.29) is 5.75 Å². The SMILES string of the molecule is COc1ccc([C@@H](CS(=O)(=O)Cc2cnc3ccccc3c2)N(OC(=O)OC(C)(C)C)C(=O)OC(C)(C)C)cc1. The Morgan fingerprint density at radius 3 is 2.15 bits per heavy atom. The zero-order valence-electron chi connectivity index (χ0n) is 23.8. The Hall–Kier alpha value is -3.86. The number of carbonyl (C=O) groups excluding carboxylic acids is 2. The molecule has 0 spiro atoms. The minimum absolute atomic E-state index is 0.355. The fourth-order valence-corrected chi connectivity index (χ4v) is 5.35. The summed E-state index contributed by atoms with van der Waals surface area (Å²) in [5, 5.41) is 1.42. The molecule has 0 aliphatic heterocycles. The lowest BCUT2D eigenvalue weighted by molar-refractivity contribution is -0.153. The van der Waals surface area contributed by atoms with Gasteiger partial charge in [-0.3, -0.25) is 9.82 Å². The fourth-order valence-electron chi connectivity index (χ4n) is 3.76. The van der Waals surface area contributed by atoms with Gasteiger partial charge >= 0.3 is 12.2 Å². The number of aromatic nitrogens is 1. The molecule has 3 rings (SSSR count). The van der Waals surface area contributed by atoms with Crippen LogP contribution >= 0.6 is 0 Å². The Morgan fingerprint density at radius 2 is 1.55 bits per heavy atom. The molecular formula is C29H36N2O8S. The maximum atomic E-state index is 13.6. The predicted molar refractivity (Wildman–Crippen MR) is 150 cm³/mol. The third-order valence-electron chi connectivity index (χ3n) is 5.36. The number of pyridine rings is 1. The van der Waals surface area contributed by atoms with Gasteiger partial charge in [-0.1, -0.05) is 30.3 Å². The number of sulfone groups is 1. The van der Waals surface area contributed by atoms with E-state index in [0.29, 0.717) is 21.9 Å². The number of nitrogens with zero attached hydrogens (tertiary/aromatic N) is 2. The van der Waals surface area contributed by atoms with Crippen molar-refractivity contribution in [1.29, 1.82) is 0 Å². The maximum absolute atomic E-state index is 13.6. The number of hydrogen-bond acceptors (Lipinski definition) is 9. The molecule has 0 aliphatic carbocycles. The minimum Gasteiger partial charge on any atom is -0.497 e. The molecule has 10 nitrogen and oxygen atoms in total. The van der Waals surface area contributed by atoms with Crippen molar-refractivity contribution in [3.05, 3.63) is 71.9 Å². The molecule has 216 valence electrons. The first-order valence-electron chi connectivity index (χ1n) is 12.7. The van der Waals surface area contributed by atoms with E-state index in [1.165, 1.54) is 13.3 Å². The molecule has 40 heavy (non-hydrogen) atoms. The van der Waals surface area contributed by atoms with Gasteiger partial charge in [0.1, 0.15) is 23.0 Å². The van der Waals surface area contributed by atoms with Crippen molar-refractivity contribution >= 4 is 33.0 Å². The number of carbonyl (C=O) groups is 2. The third-order valence-corrected chi connectivity index (χ3v) is 6.96. The summed E-state index contributed by atoms with van der Waals surface area (Å²) >= 11 is 0. The predicted octanol–water partition coefficient (Wildman–Crippen LogP) is 6.00. The van der Waals surface area contributed by atoms with E-state index in [2.05, 4.69) is 4.98 Å². The van der Waals surface area contributed by atoms with Crippen molar-refractivity contribution in [1.82, 2.24) is 10.0 Å². The highest BCUT2D eigenvalue weighted by atomic mass is 32.2. The van der Waals surface area contributed by atoms with Gasteiger partial charge in [0.05, 0.1) is 24.1 Å². The molecule has 0 N–H and O–H groups in total. The van der Waals surface area contributed by atoms with Crippen LogP contribution in [0.3, 0.4) is 0 Å². The van der Waals surface area contributed by atoms with Crippen molar-refractivity contribution in [2.24, 2.45) is 0 Å². The normalized spacial score (nSPS) is 12.9. The quantitative estimate of drug-likeness (QED) is 0.248. The van der Waals surface area contributed by atoms with Gasteiger partial charge < -0.3 is 14.2 Å². The summed E-state index contributed by atoms with van der Waals surface area (Å²) in [4.78, 5) is 35.7. The number of ether oxygens (including phenoxy) is 3. The summed E-state index contributed by atoms with van der Waals surface area (Å²) in [6.07, 6.45) is -0.736. The average Bonchev–Trinajstić information content (AvgIpc) is 2.83. The van der Waals surface area contributed by atoms with Crippen LogP contribution in [0.15, 0.2) is 60.8 Å². The number of hydroxylamine groups is 2. The monoisotopic (exact) mass is 572 g/mol. The summed E-state index contributed by atoms with van der Waals surface area (Å²) in [5.74, 6) is -0.426. The van der Waals surface area contributed by atoms with Crippen molar-refractivity contribution in [3.8, 4) is 5.75 Å². The average molecular weight is 573 g/mol. The van der Waals surface area contributed by atoms with E-state index in [4.69, 9.17) is 19.0 Å². The molecule has 1 amide bonds. The Balaban J connectivity index is 2.01. The fraction of sp³-hybridized carbons (Fsp3) is 0.414. The van der Waals surface area contributed by atoms with Crippen LogP contribution in [-0.2, 0) is 29.9 Å². The molecule has 0 bridgehead atoms. The van der Waals surface area contributed by atoms with Crippen molar-refractivity contribution in [2.75, 3.05) is 12.9 Å². The van der Waals surface area contributed by atoms with Crippen molar-refractivity contribution < 1.29 is 37.1 Å². The van der Waals surface area contributed by atoms with Crippen LogP contribution in [0, 0.1) is 0 Å². The highest BCUT2D eigenvalue weighted by Crippen LogP contribution is 2.29. The van der Waals surface area contributed by atoms with Crippen LogP contribution in [0.2, 0.25) is 0 Å². The van der Waals surface area contributed by atoms with Crippen LogP contribution in [-0.4, -0.2) is 54.8 Å². The lowest BCUT2D eigenvalue weighted by Crippen LogP contribution is -2.44. The summed E-state index contributed by atoms with van der Waals surface area (Å²) in [5.41, 5.74) is -0.310. The first-order chi connectivity index (χ1) is 18.5. The second-order valence-electron chi connectivity index (χ2n) is 11.2. The summed E-state index contributed by atoms with van der Waals surface area (Å²) in [6.45, 7) is 9.83.